The van der Waals surface area contributed by atoms with Crippen LogP contribution in [-0.2, 0) is 9.47 Å². The van der Waals surface area contributed by atoms with Crippen LogP contribution in [0, 0.1) is 0 Å². The number of hydrogen-bond acceptors (Lipinski definition) is 14. The summed E-state index contributed by atoms with van der Waals surface area (Å²) in [5.74, 6) is -2.00. The summed E-state index contributed by atoms with van der Waals surface area (Å²) < 4.78 is 16.9. The van der Waals surface area contributed by atoms with Crippen LogP contribution in [0.5, 0.6) is 17.2 Å². The van der Waals surface area contributed by atoms with E-state index in [1.807, 2.05) is 0 Å². The zero-order valence-corrected chi connectivity index (χ0v) is 20.6. The minimum Gasteiger partial charge on any atom is -0.508 e. The van der Waals surface area contributed by atoms with Gasteiger partial charge in [-0.25, -0.2) is 0 Å². The number of aliphatic hydroxyl groups excluding tert-OH is 7. The van der Waals surface area contributed by atoms with Gasteiger partial charge in [0.25, 0.3) is 0 Å². The third kappa shape index (κ3) is 4.49. The van der Waals surface area contributed by atoms with Crippen molar-refractivity contribution < 1.29 is 65.0 Å². The molecule has 14 heteroatoms. The predicted octanol–water partition coefficient (Wildman–Crippen LogP) is -1.75. The van der Waals surface area contributed by atoms with Crippen molar-refractivity contribution in [3.8, 4) is 28.6 Å². The molecule has 10 N–H and O–H groups in total. The van der Waals surface area contributed by atoms with Crippen molar-refractivity contribution in [2.24, 2.45) is 0 Å². The van der Waals surface area contributed by atoms with Crippen LogP contribution in [0.25, 0.3) is 22.3 Å². The molecule has 0 spiro atoms. The molecule has 9 atom stereocenters. The van der Waals surface area contributed by atoms with Crippen LogP contribution in [0.1, 0.15) is 23.3 Å². The smallest absolute Gasteiger partial charge is 0.197 e. The Bertz CT molecular complexity index is 1450. The molecule has 2 aliphatic rings. The number of fused-ring (bicyclic) bond motifs is 1. The second kappa shape index (κ2) is 10.6. The second-order valence-electron chi connectivity index (χ2n) is 9.80. The maximum atomic E-state index is 13.4. The number of benzene rings is 2. The summed E-state index contributed by atoms with van der Waals surface area (Å²) in [4.78, 5) is 13.4. The van der Waals surface area contributed by atoms with Gasteiger partial charge in [-0.2, -0.15) is 0 Å². The first-order valence-corrected chi connectivity index (χ1v) is 12.3. The van der Waals surface area contributed by atoms with Gasteiger partial charge in [0.1, 0.15) is 83.3 Å². The van der Waals surface area contributed by atoms with E-state index in [4.69, 9.17) is 13.9 Å². The fourth-order valence-corrected chi connectivity index (χ4v) is 5.11. The minimum absolute atomic E-state index is 0.0767. The quantitative estimate of drug-likeness (QED) is 0.169. The molecule has 0 unspecified atom stereocenters. The third-order valence-electron chi connectivity index (χ3n) is 7.31. The van der Waals surface area contributed by atoms with Crippen LogP contribution in [0.3, 0.4) is 0 Å². The molecule has 0 amide bonds. The van der Waals surface area contributed by atoms with E-state index < -0.39 is 107 Å². The van der Waals surface area contributed by atoms with Gasteiger partial charge in [0.05, 0.1) is 24.3 Å². The Hall–Kier alpha value is -3.31. The first-order chi connectivity index (χ1) is 19.0. The lowest BCUT2D eigenvalue weighted by atomic mass is 9.85. The van der Waals surface area contributed by atoms with Gasteiger partial charge >= 0.3 is 0 Å². The topological polar surface area (TPSA) is 251 Å². The van der Waals surface area contributed by atoms with Crippen LogP contribution in [0.15, 0.2) is 39.5 Å². The average Bonchev–Trinajstić information content (AvgIpc) is 2.92. The monoisotopic (exact) mass is 564 g/mol. The van der Waals surface area contributed by atoms with Crippen molar-refractivity contribution in [3.05, 3.63) is 51.7 Å². The molecular formula is C26H28O14. The molecule has 3 aromatic rings. The molecule has 216 valence electrons. The highest BCUT2D eigenvalue weighted by Crippen LogP contribution is 2.50. The summed E-state index contributed by atoms with van der Waals surface area (Å²) in [7, 11) is 0. The van der Waals surface area contributed by atoms with Crippen molar-refractivity contribution in [2.75, 3.05) is 13.2 Å². The fourth-order valence-electron chi connectivity index (χ4n) is 5.11. The fraction of sp³-hybridized carbons (Fsp3) is 0.423. The highest BCUT2D eigenvalue weighted by atomic mass is 16.5. The molecule has 14 nitrogen and oxygen atoms in total. The first kappa shape index (κ1) is 28.2. The number of phenols is 3. The molecule has 1 aromatic heterocycles. The molecule has 5 rings (SSSR count). The van der Waals surface area contributed by atoms with Crippen LogP contribution in [0.4, 0.5) is 0 Å². The van der Waals surface area contributed by atoms with Gasteiger partial charge in [-0.15, -0.1) is 0 Å². The maximum Gasteiger partial charge on any atom is 0.197 e. The van der Waals surface area contributed by atoms with E-state index in [9.17, 15) is 55.9 Å². The third-order valence-corrected chi connectivity index (χ3v) is 7.31. The van der Waals surface area contributed by atoms with Gasteiger partial charge in [-0.05, 0) is 24.3 Å². The van der Waals surface area contributed by atoms with Gasteiger partial charge in [-0.3, -0.25) is 4.79 Å². The summed E-state index contributed by atoms with van der Waals surface area (Å²) in [5.41, 5.74) is -2.19. The van der Waals surface area contributed by atoms with Gasteiger partial charge in [0.2, 0.25) is 0 Å². The van der Waals surface area contributed by atoms with E-state index in [1.165, 1.54) is 24.3 Å². The molecule has 0 bridgehead atoms. The SMILES string of the molecule is O=c1cc(-c2ccc(O)cc2)oc2c([C@H]3O[C@H](CO)[C@@H](O)[C@H](O)[C@H]3O)c(O)c([C@H]3OC[C@H](O)[C@H](O)[C@H]3O)c(O)c12. The normalized spacial score (nSPS) is 32.8. The summed E-state index contributed by atoms with van der Waals surface area (Å²) in [5, 5.41) is 104. The van der Waals surface area contributed by atoms with E-state index in [-0.39, 0.29) is 11.5 Å². The van der Waals surface area contributed by atoms with Gasteiger partial charge < -0.3 is 65.0 Å². The maximum absolute atomic E-state index is 13.4. The highest BCUT2D eigenvalue weighted by molar-refractivity contribution is 5.92. The Balaban J connectivity index is 1.81. The number of aliphatic hydroxyl groups is 7. The number of hydrogen-bond donors (Lipinski definition) is 10. The van der Waals surface area contributed by atoms with Crippen molar-refractivity contribution in [1.82, 2.24) is 0 Å². The molecule has 2 aromatic carbocycles. The van der Waals surface area contributed by atoms with Gasteiger partial charge in [0.15, 0.2) is 11.0 Å². The van der Waals surface area contributed by atoms with Crippen molar-refractivity contribution in [1.29, 1.82) is 0 Å². The van der Waals surface area contributed by atoms with E-state index in [0.717, 1.165) is 6.07 Å². The molecule has 2 saturated heterocycles. The minimum atomic E-state index is -1.96. The molecule has 0 aliphatic carbocycles. The Morgan fingerprint density at radius 3 is 2.08 bits per heavy atom. The van der Waals surface area contributed by atoms with Crippen LogP contribution >= 0.6 is 0 Å². The van der Waals surface area contributed by atoms with Gasteiger partial charge in [0, 0.05) is 11.6 Å². The van der Waals surface area contributed by atoms with E-state index in [0.29, 0.717) is 5.56 Å². The van der Waals surface area contributed by atoms with Crippen molar-refractivity contribution >= 4 is 11.0 Å². The van der Waals surface area contributed by atoms with E-state index in [1.54, 1.807) is 0 Å². The molecule has 2 fully saturated rings. The van der Waals surface area contributed by atoms with E-state index in [2.05, 4.69) is 0 Å². The van der Waals surface area contributed by atoms with E-state index >= 15 is 0 Å². The molecule has 2 aliphatic heterocycles. The Labute approximate surface area is 224 Å². The summed E-state index contributed by atoms with van der Waals surface area (Å²) in [6.45, 7) is -1.34. The number of rotatable bonds is 4. The number of aromatic hydroxyl groups is 3. The number of phenolic OH excluding ortho intramolecular Hbond substituents is 3. The summed E-state index contributed by atoms with van der Waals surface area (Å²) >= 11 is 0. The molecule has 0 radical (unpaired) electrons. The zero-order valence-electron chi connectivity index (χ0n) is 20.6. The standard InChI is InChI=1S/C26H28O14/c27-6-13-18(32)21(35)23(37)26(40-13)16-20(34)15(25-22(36)17(31)11(30)7-38-25)19(33)14-10(29)5-12(39-24(14)16)8-1-3-9(28)4-2-8/h1-5,11,13,17-18,21-23,25-28,30-37H,6-7H2/t11-,13+,17-,18+,21-,22+,23+,25+,26+/m0/s1. The largest absolute Gasteiger partial charge is 0.508 e. The lowest BCUT2D eigenvalue weighted by Crippen LogP contribution is -2.55. The summed E-state index contributed by atoms with van der Waals surface area (Å²) in [6, 6.07) is 6.47. The Morgan fingerprint density at radius 1 is 0.775 bits per heavy atom. The Morgan fingerprint density at radius 2 is 1.43 bits per heavy atom. The molecule has 0 saturated carbocycles. The van der Waals surface area contributed by atoms with Crippen LogP contribution in [-0.4, -0.2) is 107 Å². The van der Waals surface area contributed by atoms with Crippen molar-refractivity contribution in [2.45, 2.75) is 54.9 Å². The van der Waals surface area contributed by atoms with Crippen LogP contribution in [0.2, 0.25) is 0 Å². The predicted molar refractivity (Wildman–Crippen MR) is 132 cm³/mol. The lowest BCUT2D eigenvalue weighted by Gasteiger charge is -2.41. The van der Waals surface area contributed by atoms with Gasteiger partial charge in [-0.1, -0.05) is 0 Å². The number of ether oxygens (including phenoxy) is 2. The molecule has 3 heterocycles. The first-order valence-electron chi connectivity index (χ1n) is 12.3. The lowest BCUT2D eigenvalue weighted by molar-refractivity contribution is -0.231. The molecule has 40 heavy (non-hydrogen) atoms. The average molecular weight is 564 g/mol. The van der Waals surface area contributed by atoms with Crippen molar-refractivity contribution in [3.63, 3.8) is 0 Å². The molecular weight excluding hydrogens is 536 g/mol. The zero-order chi connectivity index (χ0) is 29.0. The van der Waals surface area contributed by atoms with Crippen LogP contribution < -0.4 is 5.43 Å². The highest BCUT2D eigenvalue weighted by Gasteiger charge is 2.48. The Kier molecular flexibility index (Phi) is 7.47. The second-order valence-corrected chi connectivity index (χ2v) is 9.80. The summed E-state index contributed by atoms with van der Waals surface area (Å²) in [6.07, 6.45) is -15.7.